The smallest absolute Gasteiger partial charge is 0.136 e. The molecule has 1 nitrogen and oxygen atoms in total. The van der Waals surface area contributed by atoms with E-state index in [1.807, 2.05) is 0 Å². The summed E-state index contributed by atoms with van der Waals surface area (Å²) in [6, 6.07) is 51.4. The summed E-state index contributed by atoms with van der Waals surface area (Å²) in [5.41, 5.74) is 8.11. The second-order valence-corrected chi connectivity index (χ2v) is 12.2. The Morgan fingerprint density at radius 1 is 0.318 bits per heavy atom. The van der Waals surface area contributed by atoms with Crippen molar-refractivity contribution in [2.75, 3.05) is 0 Å². The molecule has 0 N–H and O–H groups in total. The zero-order valence-electron chi connectivity index (χ0n) is 24.2. The van der Waals surface area contributed by atoms with Gasteiger partial charge in [-0.05, 0) is 113 Å². The summed E-state index contributed by atoms with van der Waals surface area (Å²) in [5.74, 6) is 0. The SMILES string of the molecule is Cc1ccc(-c2ccc3c4ccccc4c4ccc(-c5ccc6c(c5)c5cccc7oc8cccc6c8c75)cc4c3c2)cc1. The summed E-state index contributed by atoms with van der Waals surface area (Å²) in [6.07, 6.45) is 0. The van der Waals surface area contributed by atoms with Gasteiger partial charge in [-0.3, -0.25) is 0 Å². The van der Waals surface area contributed by atoms with E-state index in [4.69, 9.17) is 4.42 Å². The molecule has 204 valence electrons. The monoisotopic (exact) mass is 558 g/mol. The first-order valence-corrected chi connectivity index (χ1v) is 15.3. The van der Waals surface area contributed by atoms with Gasteiger partial charge in [-0.2, -0.15) is 0 Å². The molecule has 0 atom stereocenters. The molecule has 44 heavy (non-hydrogen) atoms. The van der Waals surface area contributed by atoms with Crippen molar-refractivity contribution in [2.45, 2.75) is 6.92 Å². The van der Waals surface area contributed by atoms with E-state index in [0.29, 0.717) is 0 Å². The average Bonchev–Trinajstić information content (AvgIpc) is 3.47. The van der Waals surface area contributed by atoms with Gasteiger partial charge < -0.3 is 4.42 Å². The second kappa shape index (κ2) is 8.69. The van der Waals surface area contributed by atoms with Crippen LogP contribution in [0.5, 0.6) is 0 Å². The highest BCUT2D eigenvalue weighted by Gasteiger charge is 2.17. The minimum absolute atomic E-state index is 0.953. The summed E-state index contributed by atoms with van der Waals surface area (Å²) < 4.78 is 6.27. The van der Waals surface area contributed by atoms with Gasteiger partial charge in [-0.1, -0.05) is 115 Å². The molecule has 0 amide bonds. The lowest BCUT2D eigenvalue weighted by molar-refractivity contribution is 0.669. The van der Waals surface area contributed by atoms with Crippen LogP contribution in [0.15, 0.2) is 144 Å². The molecule has 0 saturated carbocycles. The summed E-state index contributed by atoms with van der Waals surface area (Å²) in [7, 11) is 0. The Balaban J connectivity index is 1.26. The number of fused-ring (bicyclic) bond motifs is 9. The fraction of sp³-hybridized carbons (Fsp3) is 0.0233. The van der Waals surface area contributed by atoms with Crippen LogP contribution >= 0.6 is 0 Å². The Kier molecular flexibility index (Phi) is 4.71. The Labute approximate surface area is 253 Å². The first kappa shape index (κ1) is 23.9. The quantitative estimate of drug-likeness (QED) is 0.192. The van der Waals surface area contributed by atoms with Crippen LogP contribution in [-0.4, -0.2) is 0 Å². The number of aryl methyl sites for hydroxylation is 1. The van der Waals surface area contributed by atoms with Crippen LogP contribution in [0.4, 0.5) is 0 Å². The standard InChI is InChI=1S/C43H26O/c1-25-12-14-26(15-13-25)27-16-19-32-30-6-2-3-7-31(30)33-20-17-29(24-39(33)38(32)22-27)28-18-21-34-35-8-4-10-40-42(35)43-36(37(34)23-28)9-5-11-41(43)44-40/h2-24H,1H3. The van der Waals surface area contributed by atoms with E-state index in [-0.39, 0.29) is 0 Å². The molecule has 1 aromatic heterocycles. The Hall–Kier alpha value is -5.66. The fourth-order valence-electron chi connectivity index (χ4n) is 7.56. The van der Waals surface area contributed by atoms with Crippen LogP contribution in [0.3, 0.4) is 0 Å². The Bertz CT molecular complexity index is 2760. The zero-order chi connectivity index (χ0) is 28.9. The van der Waals surface area contributed by atoms with E-state index in [1.54, 1.807) is 0 Å². The van der Waals surface area contributed by atoms with E-state index >= 15 is 0 Å². The van der Waals surface area contributed by atoms with Gasteiger partial charge in [-0.15, -0.1) is 0 Å². The Morgan fingerprint density at radius 3 is 1.25 bits per heavy atom. The summed E-state index contributed by atoms with van der Waals surface area (Å²) >= 11 is 0. The van der Waals surface area contributed by atoms with Crippen LogP contribution in [0, 0.1) is 6.92 Å². The molecule has 10 rings (SSSR count). The van der Waals surface area contributed by atoms with Crippen molar-refractivity contribution in [1.29, 1.82) is 0 Å². The summed E-state index contributed by atoms with van der Waals surface area (Å²) in [6.45, 7) is 2.14. The minimum Gasteiger partial charge on any atom is -0.456 e. The molecule has 0 aliphatic carbocycles. The van der Waals surface area contributed by atoms with Gasteiger partial charge >= 0.3 is 0 Å². The summed E-state index contributed by atoms with van der Waals surface area (Å²) in [4.78, 5) is 0. The molecular weight excluding hydrogens is 532 g/mol. The molecule has 1 heteroatoms. The predicted octanol–water partition coefficient (Wildman–Crippen LogP) is 12.4. The number of benzene rings is 9. The maximum absolute atomic E-state index is 6.27. The van der Waals surface area contributed by atoms with Crippen molar-refractivity contribution in [2.24, 2.45) is 0 Å². The first-order chi connectivity index (χ1) is 21.7. The second-order valence-electron chi connectivity index (χ2n) is 12.2. The number of hydrogen-bond donors (Lipinski definition) is 0. The van der Waals surface area contributed by atoms with E-state index in [1.165, 1.54) is 92.5 Å². The van der Waals surface area contributed by atoms with Gasteiger partial charge in [0.05, 0.1) is 0 Å². The molecule has 0 bridgehead atoms. The van der Waals surface area contributed by atoms with E-state index in [2.05, 4.69) is 146 Å². The lowest BCUT2D eigenvalue weighted by atomic mass is 9.89. The molecule has 0 spiro atoms. The van der Waals surface area contributed by atoms with E-state index in [9.17, 15) is 0 Å². The van der Waals surface area contributed by atoms with Crippen LogP contribution < -0.4 is 0 Å². The molecule has 0 aliphatic heterocycles. The minimum atomic E-state index is 0.953. The van der Waals surface area contributed by atoms with Gasteiger partial charge in [0.1, 0.15) is 11.2 Å². The van der Waals surface area contributed by atoms with Crippen molar-refractivity contribution < 1.29 is 4.42 Å². The zero-order valence-corrected chi connectivity index (χ0v) is 24.2. The summed E-state index contributed by atoms with van der Waals surface area (Å²) in [5, 5.41) is 15.2. The first-order valence-electron chi connectivity index (χ1n) is 15.3. The number of rotatable bonds is 2. The van der Waals surface area contributed by atoms with Gasteiger partial charge in [0, 0.05) is 10.8 Å². The van der Waals surface area contributed by atoms with Crippen LogP contribution in [0.2, 0.25) is 0 Å². The molecule has 1 heterocycles. The maximum atomic E-state index is 6.27. The molecule has 10 aromatic rings. The van der Waals surface area contributed by atoms with E-state index < -0.39 is 0 Å². The lowest BCUT2D eigenvalue weighted by Gasteiger charge is -2.14. The topological polar surface area (TPSA) is 13.1 Å². The number of hydrogen-bond acceptors (Lipinski definition) is 1. The third kappa shape index (κ3) is 3.24. The van der Waals surface area contributed by atoms with Gasteiger partial charge in [-0.25, -0.2) is 0 Å². The van der Waals surface area contributed by atoms with Gasteiger partial charge in [0.2, 0.25) is 0 Å². The van der Waals surface area contributed by atoms with Crippen LogP contribution in [0.1, 0.15) is 5.56 Å². The fourth-order valence-corrected chi connectivity index (χ4v) is 7.56. The largest absolute Gasteiger partial charge is 0.456 e. The average molecular weight is 559 g/mol. The highest BCUT2D eigenvalue weighted by molar-refractivity contribution is 6.33. The van der Waals surface area contributed by atoms with Crippen LogP contribution in [0.25, 0.3) is 98.1 Å². The van der Waals surface area contributed by atoms with Gasteiger partial charge in [0.25, 0.3) is 0 Å². The maximum Gasteiger partial charge on any atom is 0.136 e. The van der Waals surface area contributed by atoms with Crippen molar-refractivity contribution in [3.8, 4) is 22.3 Å². The molecule has 0 aliphatic rings. The molecule has 9 aromatic carbocycles. The third-order valence-electron chi connectivity index (χ3n) is 9.68. The molecule has 0 unspecified atom stereocenters. The normalized spacial score (nSPS) is 12.2. The van der Waals surface area contributed by atoms with Crippen molar-refractivity contribution in [1.82, 2.24) is 0 Å². The Morgan fingerprint density at radius 2 is 0.705 bits per heavy atom. The predicted molar refractivity (Wildman–Crippen MR) is 188 cm³/mol. The van der Waals surface area contributed by atoms with Crippen molar-refractivity contribution in [3.05, 3.63) is 145 Å². The van der Waals surface area contributed by atoms with E-state index in [0.717, 1.165) is 11.2 Å². The molecule has 0 radical (unpaired) electrons. The molecule has 0 fully saturated rings. The van der Waals surface area contributed by atoms with Gasteiger partial charge in [0.15, 0.2) is 0 Å². The molecular formula is C43H26O. The number of furan rings is 1. The molecule has 0 saturated heterocycles. The van der Waals surface area contributed by atoms with Crippen molar-refractivity contribution in [3.63, 3.8) is 0 Å². The highest BCUT2D eigenvalue weighted by Crippen LogP contribution is 2.44. The van der Waals surface area contributed by atoms with Crippen LogP contribution in [-0.2, 0) is 0 Å². The highest BCUT2D eigenvalue weighted by atomic mass is 16.3. The van der Waals surface area contributed by atoms with Crippen molar-refractivity contribution >= 4 is 75.8 Å². The lowest BCUT2D eigenvalue weighted by Crippen LogP contribution is -1.87. The third-order valence-corrected chi connectivity index (χ3v) is 9.68.